The molecule has 0 aliphatic heterocycles. The molecule has 0 amide bonds. The standard InChI is InChI=1S/C11H14N2/c1-8-3-4-10(7-12)6-11(8)5-9(2)13/h3-4,6,9H,5,13H2,1-2H3. The van der Waals surface area contributed by atoms with Crippen molar-refractivity contribution in [1.29, 1.82) is 5.26 Å². The molecule has 1 rings (SSSR count). The Kier molecular flexibility index (Phi) is 3.05. The highest BCUT2D eigenvalue weighted by molar-refractivity contribution is 5.37. The van der Waals surface area contributed by atoms with E-state index in [4.69, 9.17) is 11.0 Å². The maximum Gasteiger partial charge on any atom is 0.0991 e. The Morgan fingerprint density at radius 3 is 2.77 bits per heavy atom. The van der Waals surface area contributed by atoms with Gasteiger partial charge in [0.1, 0.15) is 0 Å². The summed E-state index contributed by atoms with van der Waals surface area (Å²) in [6.07, 6.45) is 0.835. The normalized spacial score (nSPS) is 12.2. The SMILES string of the molecule is Cc1ccc(C#N)cc1CC(C)N. The van der Waals surface area contributed by atoms with Crippen LogP contribution in [0.1, 0.15) is 23.6 Å². The third-order valence-electron chi connectivity index (χ3n) is 2.02. The van der Waals surface area contributed by atoms with Gasteiger partial charge >= 0.3 is 0 Å². The van der Waals surface area contributed by atoms with E-state index in [-0.39, 0.29) is 6.04 Å². The summed E-state index contributed by atoms with van der Waals surface area (Å²) in [5, 5.41) is 8.71. The van der Waals surface area contributed by atoms with Gasteiger partial charge in [0, 0.05) is 6.04 Å². The second-order valence-electron chi connectivity index (χ2n) is 3.43. The van der Waals surface area contributed by atoms with E-state index in [9.17, 15) is 0 Å². The maximum atomic E-state index is 8.71. The summed E-state index contributed by atoms with van der Waals surface area (Å²) in [7, 11) is 0. The highest BCUT2D eigenvalue weighted by Gasteiger charge is 2.02. The van der Waals surface area contributed by atoms with Gasteiger partial charge in [-0.2, -0.15) is 5.26 Å². The van der Waals surface area contributed by atoms with E-state index in [0.717, 1.165) is 6.42 Å². The lowest BCUT2D eigenvalue weighted by Gasteiger charge is -2.08. The molecule has 1 unspecified atom stereocenters. The van der Waals surface area contributed by atoms with Gasteiger partial charge in [0.2, 0.25) is 0 Å². The number of nitrogens with zero attached hydrogens (tertiary/aromatic N) is 1. The zero-order valence-corrected chi connectivity index (χ0v) is 8.04. The summed E-state index contributed by atoms with van der Waals surface area (Å²) in [6.45, 7) is 4.01. The Hall–Kier alpha value is -1.33. The molecular formula is C11H14N2. The summed E-state index contributed by atoms with van der Waals surface area (Å²) in [6, 6.07) is 7.99. The lowest BCUT2D eigenvalue weighted by Crippen LogP contribution is -2.18. The second kappa shape index (κ2) is 4.06. The fourth-order valence-corrected chi connectivity index (χ4v) is 1.31. The van der Waals surface area contributed by atoms with Gasteiger partial charge in [0.25, 0.3) is 0 Å². The van der Waals surface area contributed by atoms with E-state index < -0.39 is 0 Å². The van der Waals surface area contributed by atoms with E-state index in [0.29, 0.717) is 5.56 Å². The molecule has 13 heavy (non-hydrogen) atoms. The molecule has 0 radical (unpaired) electrons. The van der Waals surface area contributed by atoms with Gasteiger partial charge in [-0.25, -0.2) is 0 Å². The molecule has 1 aromatic rings. The van der Waals surface area contributed by atoms with Gasteiger partial charge in [0.05, 0.1) is 11.6 Å². The molecule has 0 saturated carbocycles. The van der Waals surface area contributed by atoms with Gasteiger partial charge in [-0.05, 0) is 43.5 Å². The molecule has 1 atom stereocenters. The van der Waals surface area contributed by atoms with Crippen molar-refractivity contribution < 1.29 is 0 Å². The van der Waals surface area contributed by atoms with E-state index in [1.807, 2.05) is 32.0 Å². The number of rotatable bonds is 2. The predicted octanol–water partition coefficient (Wildman–Crippen LogP) is 1.76. The van der Waals surface area contributed by atoms with Crippen LogP contribution < -0.4 is 5.73 Å². The first kappa shape index (κ1) is 9.76. The molecule has 0 fully saturated rings. The van der Waals surface area contributed by atoms with Gasteiger partial charge in [0.15, 0.2) is 0 Å². The number of benzene rings is 1. The second-order valence-corrected chi connectivity index (χ2v) is 3.43. The number of hydrogen-bond acceptors (Lipinski definition) is 2. The minimum atomic E-state index is 0.146. The van der Waals surface area contributed by atoms with E-state index in [1.54, 1.807) is 0 Å². The first-order valence-electron chi connectivity index (χ1n) is 4.38. The minimum absolute atomic E-state index is 0.146. The first-order chi connectivity index (χ1) is 6.13. The van der Waals surface area contributed by atoms with Crippen LogP contribution >= 0.6 is 0 Å². The van der Waals surface area contributed by atoms with E-state index in [2.05, 4.69) is 6.07 Å². The molecule has 0 spiro atoms. The maximum absolute atomic E-state index is 8.71. The average molecular weight is 174 g/mol. The molecule has 0 heterocycles. The van der Waals surface area contributed by atoms with Crippen LogP contribution in [-0.2, 0) is 6.42 Å². The summed E-state index contributed by atoms with van der Waals surface area (Å²) in [5.74, 6) is 0. The summed E-state index contributed by atoms with van der Waals surface area (Å²) in [5.41, 5.74) is 8.79. The van der Waals surface area contributed by atoms with Crippen LogP contribution in [0.15, 0.2) is 18.2 Å². The van der Waals surface area contributed by atoms with Crippen molar-refractivity contribution in [2.24, 2.45) is 5.73 Å². The van der Waals surface area contributed by atoms with Crippen molar-refractivity contribution in [2.75, 3.05) is 0 Å². The van der Waals surface area contributed by atoms with Gasteiger partial charge in [-0.15, -0.1) is 0 Å². The zero-order valence-electron chi connectivity index (χ0n) is 8.04. The monoisotopic (exact) mass is 174 g/mol. The summed E-state index contributed by atoms with van der Waals surface area (Å²) >= 11 is 0. The Labute approximate surface area is 79.0 Å². The molecule has 2 N–H and O–H groups in total. The van der Waals surface area contributed by atoms with Crippen molar-refractivity contribution in [1.82, 2.24) is 0 Å². The van der Waals surface area contributed by atoms with Crippen LogP contribution in [0, 0.1) is 18.3 Å². The lowest BCUT2D eigenvalue weighted by atomic mass is 10.00. The van der Waals surface area contributed by atoms with Crippen LogP contribution in [0.4, 0.5) is 0 Å². The largest absolute Gasteiger partial charge is 0.328 e. The van der Waals surface area contributed by atoms with E-state index in [1.165, 1.54) is 11.1 Å². The molecule has 0 aromatic heterocycles. The van der Waals surface area contributed by atoms with Gasteiger partial charge < -0.3 is 5.73 Å². The third-order valence-corrected chi connectivity index (χ3v) is 2.02. The fraction of sp³-hybridized carbons (Fsp3) is 0.364. The first-order valence-corrected chi connectivity index (χ1v) is 4.38. The van der Waals surface area contributed by atoms with Crippen LogP contribution in [0.25, 0.3) is 0 Å². The number of nitrogens with two attached hydrogens (primary N) is 1. The average Bonchev–Trinajstić information content (AvgIpc) is 2.08. The Morgan fingerprint density at radius 1 is 1.54 bits per heavy atom. The quantitative estimate of drug-likeness (QED) is 0.742. The van der Waals surface area contributed by atoms with Gasteiger partial charge in [-0.1, -0.05) is 6.07 Å². The Bertz CT molecular complexity index is 334. The zero-order chi connectivity index (χ0) is 9.84. The molecule has 1 aromatic carbocycles. The van der Waals surface area contributed by atoms with E-state index >= 15 is 0 Å². The number of aryl methyl sites for hydroxylation is 1. The molecular weight excluding hydrogens is 160 g/mol. The molecule has 68 valence electrons. The highest BCUT2D eigenvalue weighted by Crippen LogP contribution is 2.12. The predicted molar refractivity (Wildman–Crippen MR) is 53.2 cm³/mol. The molecule has 0 aliphatic rings. The summed E-state index contributed by atoms with van der Waals surface area (Å²) in [4.78, 5) is 0. The van der Waals surface area contributed by atoms with Crippen LogP contribution in [0.5, 0.6) is 0 Å². The van der Waals surface area contributed by atoms with Crippen LogP contribution in [0.2, 0.25) is 0 Å². The molecule has 2 heteroatoms. The smallest absolute Gasteiger partial charge is 0.0991 e. The Balaban J connectivity index is 2.99. The highest BCUT2D eigenvalue weighted by atomic mass is 14.6. The van der Waals surface area contributed by atoms with Crippen molar-refractivity contribution in [3.05, 3.63) is 34.9 Å². The fourth-order valence-electron chi connectivity index (χ4n) is 1.31. The third kappa shape index (κ3) is 2.57. The van der Waals surface area contributed by atoms with Crippen molar-refractivity contribution in [2.45, 2.75) is 26.3 Å². The van der Waals surface area contributed by atoms with Crippen LogP contribution in [0.3, 0.4) is 0 Å². The Morgan fingerprint density at radius 2 is 2.23 bits per heavy atom. The minimum Gasteiger partial charge on any atom is -0.328 e. The number of nitriles is 1. The topological polar surface area (TPSA) is 49.8 Å². The molecule has 0 saturated heterocycles. The van der Waals surface area contributed by atoms with Crippen molar-refractivity contribution in [3.8, 4) is 6.07 Å². The van der Waals surface area contributed by atoms with Gasteiger partial charge in [-0.3, -0.25) is 0 Å². The molecule has 0 bridgehead atoms. The summed E-state index contributed by atoms with van der Waals surface area (Å²) < 4.78 is 0. The number of hydrogen-bond donors (Lipinski definition) is 1. The van der Waals surface area contributed by atoms with Crippen molar-refractivity contribution >= 4 is 0 Å². The van der Waals surface area contributed by atoms with Crippen LogP contribution in [-0.4, -0.2) is 6.04 Å². The van der Waals surface area contributed by atoms with Crippen molar-refractivity contribution in [3.63, 3.8) is 0 Å². The molecule has 2 nitrogen and oxygen atoms in total. The molecule has 0 aliphatic carbocycles. The lowest BCUT2D eigenvalue weighted by molar-refractivity contribution is 0.734.